The molecule has 0 aromatic rings. The Morgan fingerprint density at radius 2 is 2.05 bits per heavy atom. The van der Waals surface area contributed by atoms with Crippen LogP contribution in [-0.2, 0) is 19.1 Å². The van der Waals surface area contributed by atoms with Crippen LogP contribution in [0.2, 0.25) is 0 Å². The fourth-order valence-electron chi connectivity index (χ4n) is 2.88. The highest BCUT2D eigenvalue weighted by molar-refractivity contribution is 5.90. The lowest BCUT2D eigenvalue weighted by molar-refractivity contribution is -0.155. The number of carbonyl (C=O) groups excluding carboxylic acids is 2. The number of hydrogen-bond acceptors (Lipinski definition) is 5. The quantitative estimate of drug-likeness (QED) is 0.725. The monoisotopic (exact) mass is 284 g/mol. The minimum absolute atomic E-state index is 0.225. The van der Waals surface area contributed by atoms with Crippen molar-refractivity contribution in [2.24, 2.45) is 5.92 Å². The van der Waals surface area contributed by atoms with Crippen molar-refractivity contribution >= 4 is 11.9 Å². The van der Waals surface area contributed by atoms with Gasteiger partial charge in [0.1, 0.15) is 11.6 Å². The molecule has 114 valence electrons. The van der Waals surface area contributed by atoms with Gasteiger partial charge in [0.05, 0.1) is 13.7 Å². The predicted octanol–water partition coefficient (Wildman–Crippen LogP) is 0.213. The molecule has 6 heteroatoms. The summed E-state index contributed by atoms with van der Waals surface area (Å²) in [5, 5.41) is 6.01. The molecule has 1 aliphatic carbocycles. The van der Waals surface area contributed by atoms with Gasteiger partial charge in [0.15, 0.2) is 0 Å². The Labute approximate surface area is 119 Å². The zero-order valence-electron chi connectivity index (χ0n) is 12.2. The normalized spacial score (nSPS) is 34.3. The Morgan fingerprint density at radius 1 is 1.35 bits per heavy atom. The molecule has 2 rings (SSSR count). The second-order valence-electron chi connectivity index (χ2n) is 5.81. The highest BCUT2D eigenvalue weighted by atomic mass is 16.5. The van der Waals surface area contributed by atoms with Crippen LogP contribution in [0.1, 0.15) is 32.6 Å². The summed E-state index contributed by atoms with van der Waals surface area (Å²) in [4.78, 5) is 24.4. The van der Waals surface area contributed by atoms with Crippen LogP contribution >= 0.6 is 0 Å². The van der Waals surface area contributed by atoms with Crippen LogP contribution in [0.5, 0.6) is 0 Å². The third-order valence-corrected chi connectivity index (χ3v) is 4.29. The van der Waals surface area contributed by atoms with Crippen molar-refractivity contribution in [2.45, 2.75) is 44.2 Å². The van der Waals surface area contributed by atoms with Gasteiger partial charge in [-0.1, -0.05) is 6.92 Å². The number of esters is 1. The molecule has 0 aromatic heterocycles. The van der Waals surface area contributed by atoms with E-state index in [-0.39, 0.29) is 11.9 Å². The standard InChI is InChI=1S/C14H24N2O4/c1-10-3-5-14(6-4-10,13(18)19-2)16-12(17)11-9-15-7-8-20-11/h10-11,15H,3-9H2,1-2H3,(H,16,17). The first-order chi connectivity index (χ1) is 9.57. The van der Waals surface area contributed by atoms with Crippen LogP contribution in [0.3, 0.4) is 0 Å². The SMILES string of the molecule is COC(=O)C1(NC(=O)C2CNCCO2)CCC(C)CC1. The molecule has 0 aromatic carbocycles. The number of ether oxygens (including phenoxy) is 2. The predicted molar refractivity (Wildman–Crippen MR) is 73.1 cm³/mol. The average Bonchev–Trinajstić information content (AvgIpc) is 2.49. The van der Waals surface area contributed by atoms with Crippen LogP contribution in [0.4, 0.5) is 0 Å². The molecule has 1 unspecified atom stereocenters. The lowest BCUT2D eigenvalue weighted by Gasteiger charge is -2.38. The number of hydrogen-bond donors (Lipinski definition) is 2. The number of amides is 1. The molecule has 1 aliphatic heterocycles. The zero-order chi connectivity index (χ0) is 14.6. The van der Waals surface area contributed by atoms with E-state index in [1.165, 1.54) is 7.11 Å². The molecule has 2 fully saturated rings. The molecule has 2 aliphatic rings. The summed E-state index contributed by atoms with van der Waals surface area (Å²) >= 11 is 0. The Morgan fingerprint density at radius 3 is 2.60 bits per heavy atom. The van der Waals surface area contributed by atoms with Crippen molar-refractivity contribution < 1.29 is 19.1 Å². The maximum Gasteiger partial charge on any atom is 0.331 e. The van der Waals surface area contributed by atoms with Gasteiger partial charge in [0.2, 0.25) is 0 Å². The van der Waals surface area contributed by atoms with E-state index in [2.05, 4.69) is 17.6 Å². The van der Waals surface area contributed by atoms with E-state index in [0.717, 1.165) is 19.4 Å². The molecular formula is C14H24N2O4. The van der Waals surface area contributed by atoms with E-state index in [9.17, 15) is 9.59 Å². The Balaban J connectivity index is 2.03. The van der Waals surface area contributed by atoms with Crippen LogP contribution in [0.25, 0.3) is 0 Å². The van der Waals surface area contributed by atoms with E-state index < -0.39 is 11.6 Å². The lowest BCUT2D eigenvalue weighted by atomic mass is 9.77. The smallest absolute Gasteiger partial charge is 0.331 e. The van der Waals surface area contributed by atoms with Gasteiger partial charge in [-0.3, -0.25) is 4.79 Å². The van der Waals surface area contributed by atoms with Gasteiger partial charge in [-0.2, -0.15) is 0 Å². The molecule has 6 nitrogen and oxygen atoms in total. The number of methoxy groups -OCH3 is 1. The Kier molecular flexibility index (Phi) is 4.99. The average molecular weight is 284 g/mol. The van der Waals surface area contributed by atoms with E-state index in [1.807, 2.05) is 0 Å². The van der Waals surface area contributed by atoms with Gasteiger partial charge in [0, 0.05) is 13.1 Å². The minimum atomic E-state index is -0.876. The topological polar surface area (TPSA) is 76.7 Å². The Bertz CT molecular complexity index is 358. The lowest BCUT2D eigenvalue weighted by Crippen LogP contribution is -2.60. The molecule has 1 saturated carbocycles. The fraction of sp³-hybridized carbons (Fsp3) is 0.857. The van der Waals surface area contributed by atoms with E-state index >= 15 is 0 Å². The van der Waals surface area contributed by atoms with Gasteiger partial charge < -0.3 is 20.1 Å². The van der Waals surface area contributed by atoms with Crippen LogP contribution in [0.15, 0.2) is 0 Å². The number of nitrogens with one attached hydrogen (secondary N) is 2. The first kappa shape index (κ1) is 15.3. The molecule has 0 radical (unpaired) electrons. The third kappa shape index (κ3) is 3.30. The molecule has 0 bridgehead atoms. The molecule has 1 heterocycles. The minimum Gasteiger partial charge on any atom is -0.467 e. The summed E-state index contributed by atoms with van der Waals surface area (Å²) < 4.78 is 10.3. The van der Waals surface area contributed by atoms with Gasteiger partial charge in [0.25, 0.3) is 5.91 Å². The molecule has 1 amide bonds. The van der Waals surface area contributed by atoms with Crippen molar-refractivity contribution in [1.29, 1.82) is 0 Å². The summed E-state index contributed by atoms with van der Waals surface area (Å²) in [5.41, 5.74) is -0.876. The summed E-state index contributed by atoms with van der Waals surface area (Å²) in [6, 6.07) is 0. The molecule has 1 atom stereocenters. The zero-order valence-corrected chi connectivity index (χ0v) is 12.2. The van der Waals surface area contributed by atoms with Gasteiger partial charge in [-0.15, -0.1) is 0 Å². The van der Waals surface area contributed by atoms with Crippen molar-refractivity contribution in [1.82, 2.24) is 10.6 Å². The first-order valence-corrected chi connectivity index (χ1v) is 7.30. The number of carbonyl (C=O) groups is 2. The largest absolute Gasteiger partial charge is 0.467 e. The molecular weight excluding hydrogens is 260 g/mol. The molecule has 2 N–H and O–H groups in total. The second kappa shape index (κ2) is 6.54. The van der Waals surface area contributed by atoms with Crippen LogP contribution in [0, 0.1) is 5.92 Å². The molecule has 0 spiro atoms. The molecule has 1 saturated heterocycles. The summed E-state index contributed by atoms with van der Waals surface area (Å²) in [7, 11) is 1.37. The summed E-state index contributed by atoms with van der Waals surface area (Å²) in [5.74, 6) is 0.0101. The van der Waals surface area contributed by atoms with Crippen LogP contribution < -0.4 is 10.6 Å². The van der Waals surface area contributed by atoms with Gasteiger partial charge in [-0.05, 0) is 31.6 Å². The highest BCUT2D eigenvalue weighted by Gasteiger charge is 2.44. The second-order valence-corrected chi connectivity index (χ2v) is 5.81. The van der Waals surface area contributed by atoms with Gasteiger partial charge in [-0.25, -0.2) is 4.79 Å². The van der Waals surface area contributed by atoms with Crippen molar-refractivity contribution in [3.8, 4) is 0 Å². The van der Waals surface area contributed by atoms with E-state index in [4.69, 9.17) is 9.47 Å². The highest BCUT2D eigenvalue weighted by Crippen LogP contribution is 2.33. The van der Waals surface area contributed by atoms with Crippen molar-refractivity contribution in [3.05, 3.63) is 0 Å². The number of rotatable bonds is 3. The third-order valence-electron chi connectivity index (χ3n) is 4.29. The van der Waals surface area contributed by atoms with E-state index in [0.29, 0.717) is 31.9 Å². The first-order valence-electron chi connectivity index (χ1n) is 7.30. The van der Waals surface area contributed by atoms with Gasteiger partial charge >= 0.3 is 5.97 Å². The fourth-order valence-corrected chi connectivity index (χ4v) is 2.88. The maximum absolute atomic E-state index is 12.3. The van der Waals surface area contributed by atoms with E-state index in [1.54, 1.807) is 0 Å². The molecule has 20 heavy (non-hydrogen) atoms. The maximum atomic E-state index is 12.3. The van der Waals surface area contributed by atoms with Crippen molar-refractivity contribution in [2.75, 3.05) is 26.8 Å². The Hall–Kier alpha value is -1.14. The number of morpholine rings is 1. The van der Waals surface area contributed by atoms with Crippen LogP contribution in [-0.4, -0.2) is 50.3 Å². The summed E-state index contributed by atoms with van der Waals surface area (Å²) in [6.07, 6.45) is 2.57. The van der Waals surface area contributed by atoms with Crippen molar-refractivity contribution in [3.63, 3.8) is 0 Å². The summed E-state index contributed by atoms with van der Waals surface area (Å²) in [6.45, 7) is 3.92.